The van der Waals surface area contributed by atoms with Crippen LogP contribution in [0.15, 0.2) is 23.1 Å². The van der Waals surface area contributed by atoms with Crippen molar-refractivity contribution in [3.8, 4) is 0 Å². The van der Waals surface area contributed by atoms with Gasteiger partial charge in [-0.2, -0.15) is 4.72 Å². The molecule has 1 aliphatic heterocycles. The molecule has 5 nitrogen and oxygen atoms in total. The first-order valence-electron chi connectivity index (χ1n) is 5.97. The lowest BCUT2D eigenvalue weighted by Crippen LogP contribution is -2.50. The number of hydrogen-bond donors (Lipinski definition) is 2. The molecule has 0 unspecified atom stereocenters. The normalized spacial score (nSPS) is 20.1. The summed E-state index contributed by atoms with van der Waals surface area (Å²) in [6.07, 6.45) is 1.25. The van der Waals surface area contributed by atoms with E-state index >= 15 is 0 Å². The van der Waals surface area contributed by atoms with Gasteiger partial charge < -0.3 is 5.32 Å². The summed E-state index contributed by atoms with van der Waals surface area (Å²) in [7, 11) is -3.80. The smallest absolute Gasteiger partial charge is 0.243 e. The molecule has 1 saturated heterocycles. The van der Waals surface area contributed by atoms with E-state index in [1.807, 2.05) is 0 Å². The molecule has 0 bridgehead atoms. The van der Waals surface area contributed by atoms with Gasteiger partial charge in [-0.05, 0) is 31.4 Å². The van der Waals surface area contributed by atoms with Crippen LogP contribution < -0.4 is 10.0 Å². The van der Waals surface area contributed by atoms with Crippen LogP contribution in [0.25, 0.3) is 0 Å². The highest BCUT2D eigenvalue weighted by atomic mass is 35.5. The Balaban J connectivity index is 2.30. The van der Waals surface area contributed by atoms with Crippen molar-refractivity contribution < 1.29 is 13.2 Å². The fourth-order valence-electron chi connectivity index (χ4n) is 2.09. The highest BCUT2D eigenvalue weighted by Gasteiger charge is 2.29. The first-order chi connectivity index (χ1) is 8.92. The Hall–Kier alpha value is -1.11. The molecular formula is C12H15ClN2O3S. The van der Waals surface area contributed by atoms with Crippen molar-refractivity contribution in [3.63, 3.8) is 0 Å². The van der Waals surface area contributed by atoms with E-state index in [1.165, 1.54) is 6.07 Å². The molecule has 1 aromatic carbocycles. The van der Waals surface area contributed by atoms with Gasteiger partial charge >= 0.3 is 0 Å². The molecule has 1 fully saturated rings. The van der Waals surface area contributed by atoms with Gasteiger partial charge in [0, 0.05) is 6.54 Å². The number of benzene rings is 1. The minimum atomic E-state index is -3.80. The van der Waals surface area contributed by atoms with Gasteiger partial charge in [-0.15, -0.1) is 0 Å². The van der Waals surface area contributed by atoms with Gasteiger partial charge in [-0.3, -0.25) is 4.79 Å². The maximum Gasteiger partial charge on any atom is 0.243 e. The molecule has 1 aromatic rings. The minimum absolute atomic E-state index is 0.0371. The monoisotopic (exact) mass is 302 g/mol. The van der Waals surface area contributed by atoms with E-state index < -0.39 is 16.1 Å². The molecule has 104 valence electrons. The van der Waals surface area contributed by atoms with Crippen LogP contribution in [0, 0.1) is 6.92 Å². The molecule has 0 radical (unpaired) electrons. The second-order valence-electron chi connectivity index (χ2n) is 4.49. The molecule has 2 rings (SSSR count). The van der Waals surface area contributed by atoms with E-state index in [0.29, 0.717) is 18.5 Å². The summed E-state index contributed by atoms with van der Waals surface area (Å²) in [4.78, 5) is 11.6. The summed E-state index contributed by atoms with van der Waals surface area (Å²) in [5, 5.41) is 2.79. The zero-order chi connectivity index (χ0) is 14.0. The largest absolute Gasteiger partial charge is 0.355 e. The molecule has 1 aliphatic rings. The standard InChI is InChI=1S/C12H15ClN2O3S/c1-8-4-2-5-9(13)11(8)19(17,18)15-10-6-3-7-14-12(10)16/h2,4-5,10,15H,3,6-7H2,1H3,(H,14,16)/t10-/m1/s1. The third-order valence-electron chi connectivity index (χ3n) is 3.02. The molecule has 0 saturated carbocycles. The molecule has 0 aromatic heterocycles. The molecule has 7 heteroatoms. The highest BCUT2D eigenvalue weighted by Crippen LogP contribution is 2.25. The van der Waals surface area contributed by atoms with Crippen molar-refractivity contribution in [1.82, 2.24) is 10.0 Å². The van der Waals surface area contributed by atoms with Crippen LogP contribution in [0.4, 0.5) is 0 Å². The Bertz CT molecular complexity index is 581. The Morgan fingerprint density at radius 2 is 2.16 bits per heavy atom. The summed E-state index contributed by atoms with van der Waals surface area (Å²) in [5.74, 6) is -0.292. The number of carbonyl (C=O) groups is 1. The topological polar surface area (TPSA) is 75.3 Å². The molecule has 1 atom stereocenters. The minimum Gasteiger partial charge on any atom is -0.355 e. The number of nitrogens with one attached hydrogen (secondary N) is 2. The maximum absolute atomic E-state index is 12.3. The number of carbonyl (C=O) groups excluding carboxylic acids is 1. The fraction of sp³-hybridized carbons (Fsp3) is 0.417. The Morgan fingerprint density at radius 3 is 2.79 bits per heavy atom. The molecule has 0 aliphatic carbocycles. The molecule has 19 heavy (non-hydrogen) atoms. The summed E-state index contributed by atoms with van der Waals surface area (Å²) in [5.41, 5.74) is 0.552. The van der Waals surface area contributed by atoms with E-state index in [9.17, 15) is 13.2 Å². The number of piperidine rings is 1. The highest BCUT2D eigenvalue weighted by molar-refractivity contribution is 7.89. The lowest BCUT2D eigenvalue weighted by Gasteiger charge is -2.23. The second-order valence-corrected chi connectivity index (χ2v) is 6.55. The Kier molecular flexibility index (Phi) is 4.13. The van der Waals surface area contributed by atoms with Gasteiger partial charge in [0.2, 0.25) is 15.9 Å². The van der Waals surface area contributed by atoms with Gasteiger partial charge in [-0.25, -0.2) is 8.42 Å². The first kappa shape index (κ1) is 14.3. The first-order valence-corrected chi connectivity index (χ1v) is 7.83. The molecule has 2 N–H and O–H groups in total. The van der Waals surface area contributed by atoms with Crippen LogP contribution in [0.1, 0.15) is 18.4 Å². The number of aryl methyl sites for hydroxylation is 1. The molecular weight excluding hydrogens is 288 g/mol. The van der Waals surface area contributed by atoms with Crippen molar-refractivity contribution in [2.75, 3.05) is 6.54 Å². The van der Waals surface area contributed by atoms with E-state index in [1.54, 1.807) is 19.1 Å². The van der Waals surface area contributed by atoms with Gasteiger partial charge in [0.15, 0.2) is 0 Å². The van der Waals surface area contributed by atoms with E-state index in [2.05, 4.69) is 10.0 Å². The van der Waals surface area contributed by atoms with E-state index in [0.717, 1.165) is 6.42 Å². The summed E-state index contributed by atoms with van der Waals surface area (Å²) >= 11 is 5.95. The average molecular weight is 303 g/mol. The third-order valence-corrected chi connectivity index (χ3v) is 5.12. The number of halogens is 1. The van der Waals surface area contributed by atoms with Crippen LogP contribution in [-0.2, 0) is 14.8 Å². The number of hydrogen-bond acceptors (Lipinski definition) is 3. The zero-order valence-corrected chi connectivity index (χ0v) is 12.0. The third kappa shape index (κ3) is 3.08. The van der Waals surface area contributed by atoms with E-state index in [4.69, 9.17) is 11.6 Å². The molecule has 1 heterocycles. The van der Waals surface area contributed by atoms with Crippen molar-refractivity contribution in [3.05, 3.63) is 28.8 Å². The maximum atomic E-state index is 12.3. The van der Waals surface area contributed by atoms with Crippen molar-refractivity contribution in [1.29, 1.82) is 0 Å². The molecule has 1 amide bonds. The Labute approximate surface area is 117 Å². The SMILES string of the molecule is Cc1cccc(Cl)c1S(=O)(=O)N[C@@H]1CCCNC1=O. The predicted octanol–water partition coefficient (Wildman–Crippen LogP) is 1.21. The quantitative estimate of drug-likeness (QED) is 0.881. The number of sulfonamides is 1. The van der Waals surface area contributed by atoms with Crippen LogP contribution in [0.5, 0.6) is 0 Å². The van der Waals surface area contributed by atoms with Gasteiger partial charge in [0.25, 0.3) is 0 Å². The average Bonchev–Trinajstić information content (AvgIpc) is 2.31. The predicted molar refractivity (Wildman–Crippen MR) is 72.5 cm³/mol. The molecule has 0 spiro atoms. The summed E-state index contributed by atoms with van der Waals surface area (Å²) in [6.45, 7) is 2.25. The van der Waals surface area contributed by atoms with Gasteiger partial charge in [-0.1, -0.05) is 23.7 Å². The van der Waals surface area contributed by atoms with Crippen molar-refractivity contribution >= 4 is 27.5 Å². The van der Waals surface area contributed by atoms with Crippen molar-refractivity contribution in [2.24, 2.45) is 0 Å². The van der Waals surface area contributed by atoms with Gasteiger partial charge in [0.05, 0.1) is 5.02 Å². The zero-order valence-electron chi connectivity index (χ0n) is 10.4. The summed E-state index contributed by atoms with van der Waals surface area (Å²) in [6, 6.07) is 4.14. The fourth-order valence-corrected chi connectivity index (χ4v) is 4.15. The summed E-state index contributed by atoms with van der Waals surface area (Å²) < 4.78 is 27.0. The number of rotatable bonds is 3. The second kappa shape index (κ2) is 5.48. The van der Waals surface area contributed by atoms with Crippen LogP contribution in [-0.4, -0.2) is 26.9 Å². The lowest BCUT2D eigenvalue weighted by molar-refractivity contribution is -0.124. The van der Waals surface area contributed by atoms with Gasteiger partial charge in [0.1, 0.15) is 10.9 Å². The van der Waals surface area contributed by atoms with Crippen LogP contribution >= 0.6 is 11.6 Å². The lowest BCUT2D eigenvalue weighted by atomic mass is 10.1. The van der Waals surface area contributed by atoms with Crippen LogP contribution in [0.2, 0.25) is 5.02 Å². The van der Waals surface area contributed by atoms with E-state index in [-0.39, 0.29) is 15.8 Å². The number of amides is 1. The van der Waals surface area contributed by atoms with Crippen molar-refractivity contribution in [2.45, 2.75) is 30.7 Å². The Morgan fingerprint density at radius 1 is 1.42 bits per heavy atom. The van der Waals surface area contributed by atoms with Crippen LogP contribution in [0.3, 0.4) is 0 Å².